The van der Waals surface area contributed by atoms with E-state index in [2.05, 4.69) is 15.5 Å². The molecule has 0 spiro atoms. The summed E-state index contributed by atoms with van der Waals surface area (Å²) in [6.45, 7) is 5.00. The van der Waals surface area contributed by atoms with Gasteiger partial charge in [-0.2, -0.15) is 0 Å². The lowest BCUT2D eigenvalue weighted by atomic mass is 10.2. The Kier molecular flexibility index (Phi) is 7.77. The van der Waals surface area contributed by atoms with Crippen molar-refractivity contribution in [2.24, 2.45) is 0 Å². The molecule has 1 amide bonds. The summed E-state index contributed by atoms with van der Waals surface area (Å²) in [6.07, 6.45) is 0. The van der Waals surface area contributed by atoms with E-state index in [-0.39, 0.29) is 11.7 Å². The first-order chi connectivity index (χ1) is 15.0. The van der Waals surface area contributed by atoms with Crippen molar-refractivity contribution in [1.82, 2.24) is 14.8 Å². The number of ether oxygens (including phenoxy) is 3. The predicted molar refractivity (Wildman–Crippen MR) is 120 cm³/mol. The van der Waals surface area contributed by atoms with Crippen LogP contribution in [-0.2, 0) is 17.9 Å². The third-order valence-electron chi connectivity index (χ3n) is 4.48. The summed E-state index contributed by atoms with van der Waals surface area (Å²) in [5.41, 5.74) is 1.71. The topological polar surface area (TPSA) is 87.5 Å². The van der Waals surface area contributed by atoms with Crippen molar-refractivity contribution in [2.75, 3.05) is 25.3 Å². The van der Waals surface area contributed by atoms with Crippen LogP contribution in [0.15, 0.2) is 47.6 Å². The number of carbonyl (C=O) groups excluding carboxylic acids is 1. The number of benzene rings is 2. The Labute approximate surface area is 185 Å². The molecule has 1 N–H and O–H groups in total. The van der Waals surface area contributed by atoms with Crippen LogP contribution in [0.3, 0.4) is 0 Å². The molecule has 1 heterocycles. The Morgan fingerprint density at radius 1 is 1.10 bits per heavy atom. The van der Waals surface area contributed by atoms with Crippen LogP contribution in [0.25, 0.3) is 0 Å². The molecule has 3 rings (SSSR count). The van der Waals surface area contributed by atoms with E-state index in [4.69, 9.17) is 14.2 Å². The number of hydrogen-bond acceptors (Lipinski definition) is 7. The average Bonchev–Trinajstić information content (AvgIpc) is 3.18. The Balaban J connectivity index is 1.59. The number of aromatic nitrogens is 3. The molecule has 2 aromatic carbocycles. The molecule has 164 valence electrons. The van der Waals surface area contributed by atoms with Crippen molar-refractivity contribution in [2.45, 2.75) is 32.2 Å². The first kappa shape index (κ1) is 22.5. The Morgan fingerprint density at radius 2 is 1.94 bits per heavy atom. The number of hydrogen-bond donors (Lipinski definition) is 1. The lowest BCUT2D eigenvalue weighted by Gasteiger charge is -2.12. The third-order valence-corrected chi connectivity index (χ3v) is 5.45. The first-order valence-electron chi connectivity index (χ1n) is 9.80. The molecule has 0 aliphatic rings. The van der Waals surface area contributed by atoms with Gasteiger partial charge in [-0.1, -0.05) is 23.9 Å². The van der Waals surface area contributed by atoms with E-state index in [9.17, 15) is 4.79 Å². The highest BCUT2D eigenvalue weighted by Gasteiger charge is 2.15. The summed E-state index contributed by atoms with van der Waals surface area (Å²) in [5.74, 6) is 2.70. The molecule has 31 heavy (non-hydrogen) atoms. The highest BCUT2D eigenvalue weighted by molar-refractivity contribution is 7.99. The Bertz CT molecular complexity index is 1040. The van der Waals surface area contributed by atoms with E-state index in [1.807, 2.05) is 42.7 Å². The standard InChI is InChI=1S/C22H26N4O4S/c1-5-26-20(13-30-17-8-6-7-15(2)11-17)24-25-22(26)31-14-21(27)23-18-10-9-16(28-3)12-19(18)29-4/h6-12H,5,13-14H2,1-4H3,(H,23,27). The first-order valence-corrected chi connectivity index (χ1v) is 10.8. The lowest BCUT2D eigenvalue weighted by Crippen LogP contribution is -2.15. The van der Waals surface area contributed by atoms with E-state index < -0.39 is 0 Å². The van der Waals surface area contributed by atoms with Gasteiger partial charge in [0.25, 0.3) is 0 Å². The molecular weight excluding hydrogens is 416 g/mol. The summed E-state index contributed by atoms with van der Waals surface area (Å²) >= 11 is 1.32. The zero-order valence-electron chi connectivity index (χ0n) is 18.0. The number of nitrogens with zero attached hydrogens (tertiary/aromatic N) is 3. The highest BCUT2D eigenvalue weighted by atomic mass is 32.2. The molecular formula is C22H26N4O4S. The van der Waals surface area contributed by atoms with Gasteiger partial charge in [0.1, 0.15) is 23.9 Å². The highest BCUT2D eigenvalue weighted by Crippen LogP contribution is 2.29. The van der Waals surface area contributed by atoms with Gasteiger partial charge in [0.05, 0.1) is 25.7 Å². The molecule has 0 radical (unpaired) electrons. The van der Waals surface area contributed by atoms with Gasteiger partial charge in [-0.15, -0.1) is 10.2 Å². The second-order valence-corrected chi connectivity index (χ2v) is 7.59. The maximum absolute atomic E-state index is 12.5. The van der Waals surface area contributed by atoms with Gasteiger partial charge in [-0.25, -0.2) is 0 Å². The molecule has 1 aromatic heterocycles. The summed E-state index contributed by atoms with van der Waals surface area (Å²) in [5, 5.41) is 12.0. The van der Waals surface area contributed by atoms with Crippen molar-refractivity contribution in [3.05, 3.63) is 53.9 Å². The molecule has 0 saturated heterocycles. The number of amides is 1. The maximum atomic E-state index is 12.5. The number of nitrogens with one attached hydrogen (secondary N) is 1. The van der Waals surface area contributed by atoms with Crippen LogP contribution in [-0.4, -0.2) is 40.6 Å². The van der Waals surface area contributed by atoms with Crippen LogP contribution >= 0.6 is 11.8 Å². The molecule has 9 heteroatoms. The minimum atomic E-state index is -0.170. The zero-order valence-corrected chi connectivity index (χ0v) is 18.9. The van der Waals surface area contributed by atoms with E-state index in [0.29, 0.717) is 41.3 Å². The largest absolute Gasteiger partial charge is 0.497 e. The average molecular weight is 443 g/mol. The van der Waals surface area contributed by atoms with E-state index in [1.165, 1.54) is 11.8 Å². The van der Waals surface area contributed by atoms with Gasteiger partial charge in [0, 0.05) is 12.6 Å². The van der Waals surface area contributed by atoms with Gasteiger partial charge < -0.3 is 24.1 Å². The van der Waals surface area contributed by atoms with Crippen molar-refractivity contribution in [1.29, 1.82) is 0 Å². The second-order valence-electron chi connectivity index (χ2n) is 6.65. The minimum absolute atomic E-state index is 0.170. The van der Waals surface area contributed by atoms with Gasteiger partial charge >= 0.3 is 0 Å². The molecule has 0 bridgehead atoms. The van der Waals surface area contributed by atoms with Crippen LogP contribution in [0, 0.1) is 6.92 Å². The van der Waals surface area contributed by atoms with Crippen molar-refractivity contribution < 1.29 is 19.0 Å². The van der Waals surface area contributed by atoms with Crippen LogP contribution in [0.4, 0.5) is 5.69 Å². The Morgan fingerprint density at radius 3 is 2.65 bits per heavy atom. The number of rotatable bonds is 10. The summed E-state index contributed by atoms with van der Waals surface area (Å²) < 4.78 is 18.3. The fourth-order valence-corrected chi connectivity index (χ4v) is 3.74. The van der Waals surface area contributed by atoms with E-state index in [0.717, 1.165) is 11.3 Å². The molecule has 8 nitrogen and oxygen atoms in total. The van der Waals surface area contributed by atoms with Gasteiger partial charge in [0.15, 0.2) is 11.0 Å². The lowest BCUT2D eigenvalue weighted by molar-refractivity contribution is -0.113. The van der Waals surface area contributed by atoms with E-state index in [1.54, 1.807) is 32.4 Å². The van der Waals surface area contributed by atoms with Crippen molar-refractivity contribution >= 4 is 23.4 Å². The van der Waals surface area contributed by atoms with Crippen LogP contribution in [0.1, 0.15) is 18.3 Å². The molecule has 0 saturated carbocycles. The minimum Gasteiger partial charge on any atom is -0.497 e. The van der Waals surface area contributed by atoms with Crippen molar-refractivity contribution in [3.63, 3.8) is 0 Å². The zero-order chi connectivity index (χ0) is 22.2. The molecule has 3 aromatic rings. The summed E-state index contributed by atoms with van der Waals surface area (Å²) in [6, 6.07) is 13.1. The van der Waals surface area contributed by atoms with Gasteiger partial charge in [0.2, 0.25) is 5.91 Å². The fourth-order valence-electron chi connectivity index (χ4n) is 2.92. The van der Waals surface area contributed by atoms with Crippen molar-refractivity contribution in [3.8, 4) is 17.2 Å². The predicted octanol–water partition coefficient (Wildman–Crippen LogP) is 3.93. The number of thioether (sulfide) groups is 1. The van der Waals surface area contributed by atoms with Crippen LogP contribution in [0.2, 0.25) is 0 Å². The molecule has 0 aliphatic heterocycles. The van der Waals surface area contributed by atoms with Crippen LogP contribution in [0.5, 0.6) is 17.2 Å². The second kappa shape index (κ2) is 10.7. The van der Waals surface area contributed by atoms with E-state index >= 15 is 0 Å². The third kappa shape index (κ3) is 5.91. The molecule has 0 aliphatic carbocycles. The number of methoxy groups -OCH3 is 2. The molecule has 0 fully saturated rings. The number of carbonyl (C=O) groups is 1. The fraction of sp³-hybridized carbons (Fsp3) is 0.318. The maximum Gasteiger partial charge on any atom is 0.234 e. The smallest absolute Gasteiger partial charge is 0.234 e. The normalized spacial score (nSPS) is 10.6. The quantitative estimate of drug-likeness (QED) is 0.476. The molecule has 0 unspecified atom stereocenters. The Hall–Kier alpha value is -3.20. The number of anilines is 1. The molecule has 0 atom stereocenters. The SMILES string of the molecule is CCn1c(COc2cccc(C)c2)nnc1SCC(=O)Nc1ccc(OC)cc1OC. The summed E-state index contributed by atoms with van der Waals surface area (Å²) in [7, 11) is 3.12. The van der Waals surface area contributed by atoms with Gasteiger partial charge in [-0.05, 0) is 43.7 Å². The number of aryl methyl sites for hydroxylation is 1. The van der Waals surface area contributed by atoms with Gasteiger partial charge in [-0.3, -0.25) is 4.79 Å². The summed E-state index contributed by atoms with van der Waals surface area (Å²) in [4.78, 5) is 12.5. The monoisotopic (exact) mass is 442 g/mol. The van der Waals surface area contributed by atoms with Crippen LogP contribution < -0.4 is 19.5 Å².